The number of methoxy groups -OCH3 is 1. The molecular formula is C20H20ClN3O3S. The third-order valence-electron chi connectivity index (χ3n) is 4.09. The number of nitrogens with zero attached hydrogens (tertiary/aromatic N) is 2. The molecule has 0 bridgehead atoms. The van der Waals surface area contributed by atoms with Gasteiger partial charge in [-0.1, -0.05) is 42.4 Å². The first-order valence-corrected chi connectivity index (χ1v) is 10.1. The summed E-state index contributed by atoms with van der Waals surface area (Å²) in [5, 5.41) is 12.0. The van der Waals surface area contributed by atoms with Crippen LogP contribution in [-0.4, -0.2) is 29.0 Å². The van der Waals surface area contributed by atoms with Gasteiger partial charge in [-0.25, -0.2) is 0 Å². The molecule has 1 N–H and O–H groups in total. The highest BCUT2D eigenvalue weighted by Gasteiger charge is 2.15. The van der Waals surface area contributed by atoms with E-state index in [0.717, 1.165) is 23.3 Å². The molecule has 146 valence electrons. The van der Waals surface area contributed by atoms with E-state index in [4.69, 9.17) is 20.8 Å². The number of ether oxygens (including phenoxy) is 1. The SMILES string of the molecule is CCC(NC(=O)CSc1nnc(-c2ccc(Cl)cc2)o1)c1ccc(OC)cc1. The third-order valence-corrected chi connectivity index (χ3v) is 5.16. The number of carbonyl (C=O) groups is 1. The van der Waals surface area contributed by atoms with E-state index >= 15 is 0 Å². The van der Waals surface area contributed by atoms with Crippen molar-refractivity contribution >= 4 is 29.3 Å². The second kappa shape index (κ2) is 9.61. The van der Waals surface area contributed by atoms with Crippen LogP contribution in [0.4, 0.5) is 0 Å². The molecular weight excluding hydrogens is 398 g/mol. The highest BCUT2D eigenvalue weighted by molar-refractivity contribution is 7.99. The molecule has 1 amide bonds. The lowest BCUT2D eigenvalue weighted by Gasteiger charge is -2.17. The molecule has 1 heterocycles. The Hall–Kier alpha value is -2.51. The van der Waals surface area contributed by atoms with Gasteiger partial charge in [-0.3, -0.25) is 4.79 Å². The minimum Gasteiger partial charge on any atom is -0.497 e. The first-order chi connectivity index (χ1) is 13.6. The van der Waals surface area contributed by atoms with Crippen molar-refractivity contribution in [2.45, 2.75) is 24.6 Å². The Morgan fingerprint density at radius 1 is 1.18 bits per heavy atom. The Labute approximate surface area is 172 Å². The summed E-state index contributed by atoms with van der Waals surface area (Å²) < 4.78 is 10.8. The zero-order valence-electron chi connectivity index (χ0n) is 15.5. The maximum absolute atomic E-state index is 12.3. The number of hydrogen-bond donors (Lipinski definition) is 1. The summed E-state index contributed by atoms with van der Waals surface area (Å²) in [6, 6.07) is 14.7. The second-order valence-corrected chi connectivity index (χ2v) is 7.33. The molecule has 6 nitrogen and oxygen atoms in total. The van der Waals surface area contributed by atoms with Gasteiger partial charge in [0.2, 0.25) is 11.8 Å². The highest BCUT2D eigenvalue weighted by Crippen LogP contribution is 2.25. The van der Waals surface area contributed by atoms with E-state index in [1.807, 2.05) is 31.2 Å². The lowest BCUT2D eigenvalue weighted by atomic mass is 10.0. The summed E-state index contributed by atoms with van der Waals surface area (Å²) in [6.45, 7) is 2.03. The monoisotopic (exact) mass is 417 g/mol. The van der Waals surface area contributed by atoms with Crippen LogP contribution in [-0.2, 0) is 4.79 Å². The largest absolute Gasteiger partial charge is 0.497 e. The molecule has 1 unspecified atom stereocenters. The topological polar surface area (TPSA) is 77.3 Å². The Kier molecular flexibility index (Phi) is 6.95. The van der Waals surface area contributed by atoms with Gasteiger partial charge in [0.25, 0.3) is 5.22 Å². The fraction of sp³-hybridized carbons (Fsp3) is 0.250. The Morgan fingerprint density at radius 2 is 1.89 bits per heavy atom. The summed E-state index contributed by atoms with van der Waals surface area (Å²) in [5.41, 5.74) is 1.81. The van der Waals surface area contributed by atoms with Crippen molar-refractivity contribution in [3.05, 3.63) is 59.1 Å². The van der Waals surface area contributed by atoms with Gasteiger partial charge < -0.3 is 14.5 Å². The van der Waals surface area contributed by atoms with Gasteiger partial charge in [-0.2, -0.15) is 0 Å². The number of rotatable bonds is 8. The summed E-state index contributed by atoms with van der Waals surface area (Å²) >= 11 is 7.08. The minimum atomic E-state index is -0.0982. The van der Waals surface area contributed by atoms with Gasteiger partial charge in [-0.05, 0) is 48.4 Å². The molecule has 0 radical (unpaired) electrons. The Bertz CT molecular complexity index is 913. The first kappa shape index (κ1) is 20.2. The van der Waals surface area contributed by atoms with E-state index in [1.165, 1.54) is 11.8 Å². The molecule has 2 aromatic carbocycles. The molecule has 28 heavy (non-hydrogen) atoms. The zero-order chi connectivity index (χ0) is 19.9. The average molecular weight is 418 g/mol. The molecule has 0 aliphatic rings. The first-order valence-electron chi connectivity index (χ1n) is 8.74. The van der Waals surface area contributed by atoms with E-state index in [1.54, 1.807) is 31.4 Å². The number of hydrogen-bond acceptors (Lipinski definition) is 6. The van der Waals surface area contributed by atoms with Crippen LogP contribution in [0.1, 0.15) is 24.9 Å². The smallest absolute Gasteiger partial charge is 0.277 e. The van der Waals surface area contributed by atoms with Crippen molar-refractivity contribution in [2.75, 3.05) is 12.9 Å². The van der Waals surface area contributed by atoms with Crippen molar-refractivity contribution in [3.63, 3.8) is 0 Å². The number of amides is 1. The normalized spacial score (nSPS) is 11.8. The van der Waals surface area contributed by atoms with Crippen LogP contribution in [0.3, 0.4) is 0 Å². The van der Waals surface area contributed by atoms with Gasteiger partial charge in [0, 0.05) is 10.6 Å². The predicted octanol–water partition coefficient (Wildman–Crippen LogP) is 4.76. The van der Waals surface area contributed by atoms with Crippen LogP contribution in [0, 0.1) is 0 Å². The number of halogens is 1. The maximum Gasteiger partial charge on any atom is 0.277 e. The van der Waals surface area contributed by atoms with E-state index in [-0.39, 0.29) is 17.7 Å². The number of benzene rings is 2. The summed E-state index contributed by atoms with van der Waals surface area (Å²) in [5.74, 6) is 1.27. The Balaban J connectivity index is 1.55. The second-order valence-electron chi connectivity index (χ2n) is 5.97. The molecule has 0 fully saturated rings. The van der Waals surface area contributed by atoms with E-state index in [2.05, 4.69) is 15.5 Å². The molecule has 0 saturated carbocycles. The number of thioether (sulfide) groups is 1. The van der Waals surface area contributed by atoms with Crippen LogP contribution in [0.2, 0.25) is 5.02 Å². The zero-order valence-corrected chi connectivity index (χ0v) is 17.1. The average Bonchev–Trinajstić information content (AvgIpc) is 3.20. The van der Waals surface area contributed by atoms with Crippen molar-refractivity contribution in [3.8, 4) is 17.2 Å². The van der Waals surface area contributed by atoms with Crippen molar-refractivity contribution in [1.82, 2.24) is 15.5 Å². The summed E-state index contributed by atoms with van der Waals surface area (Å²) in [7, 11) is 1.63. The van der Waals surface area contributed by atoms with Crippen molar-refractivity contribution in [1.29, 1.82) is 0 Å². The molecule has 8 heteroatoms. The fourth-order valence-corrected chi connectivity index (χ4v) is 3.30. The van der Waals surface area contributed by atoms with Gasteiger partial charge in [0.15, 0.2) is 0 Å². The third kappa shape index (κ3) is 5.27. The van der Waals surface area contributed by atoms with E-state index in [9.17, 15) is 4.79 Å². The molecule has 3 rings (SSSR count). The van der Waals surface area contributed by atoms with Crippen molar-refractivity contribution in [2.24, 2.45) is 0 Å². The van der Waals surface area contributed by atoms with Crippen LogP contribution < -0.4 is 10.1 Å². The quantitative estimate of drug-likeness (QED) is 0.532. The predicted molar refractivity (Wildman–Crippen MR) is 110 cm³/mol. The lowest BCUT2D eigenvalue weighted by Crippen LogP contribution is -2.29. The van der Waals surface area contributed by atoms with Gasteiger partial charge >= 0.3 is 0 Å². The fourth-order valence-electron chi connectivity index (χ4n) is 2.60. The molecule has 3 aromatic rings. The van der Waals surface area contributed by atoms with Gasteiger partial charge in [0.05, 0.1) is 18.9 Å². The summed E-state index contributed by atoms with van der Waals surface area (Å²) in [6.07, 6.45) is 0.782. The molecule has 0 aliphatic carbocycles. The number of nitrogens with one attached hydrogen (secondary N) is 1. The lowest BCUT2D eigenvalue weighted by molar-refractivity contribution is -0.119. The van der Waals surface area contributed by atoms with Gasteiger partial charge in [0.1, 0.15) is 5.75 Å². The van der Waals surface area contributed by atoms with Crippen molar-refractivity contribution < 1.29 is 13.9 Å². The van der Waals surface area contributed by atoms with E-state index < -0.39 is 0 Å². The van der Waals surface area contributed by atoms with Gasteiger partial charge in [-0.15, -0.1) is 10.2 Å². The van der Waals surface area contributed by atoms with Crippen LogP contribution >= 0.6 is 23.4 Å². The minimum absolute atomic E-state index is 0.0636. The number of aromatic nitrogens is 2. The molecule has 0 aliphatic heterocycles. The van der Waals surface area contributed by atoms with Crippen LogP contribution in [0.25, 0.3) is 11.5 Å². The molecule has 0 spiro atoms. The molecule has 0 saturated heterocycles. The highest BCUT2D eigenvalue weighted by atomic mass is 35.5. The van der Waals surface area contributed by atoms with Crippen LogP contribution in [0.15, 0.2) is 58.2 Å². The molecule has 1 aromatic heterocycles. The summed E-state index contributed by atoms with van der Waals surface area (Å²) in [4.78, 5) is 12.3. The molecule has 1 atom stereocenters. The number of carbonyl (C=O) groups excluding carboxylic acids is 1. The van der Waals surface area contributed by atoms with E-state index in [0.29, 0.717) is 16.1 Å². The Morgan fingerprint density at radius 3 is 2.54 bits per heavy atom. The standard InChI is InChI=1S/C20H20ClN3O3S/c1-3-17(13-6-10-16(26-2)11-7-13)22-18(25)12-28-20-24-23-19(27-20)14-4-8-15(21)9-5-14/h4-11,17H,3,12H2,1-2H3,(H,22,25). The van der Waals surface area contributed by atoms with Crippen LogP contribution in [0.5, 0.6) is 5.75 Å². The maximum atomic E-state index is 12.3.